The molecular formula is C22H28N6O3. The predicted molar refractivity (Wildman–Crippen MR) is 118 cm³/mol. The van der Waals surface area contributed by atoms with Crippen molar-refractivity contribution in [2.24, 2.45) is 0 Å². The molecule has 31 heavy (non-hydrogen) atoms. The molecular weight excluding hydrogens is 396 g/mol. The Morgan fingerprint density at radius 2 is 1.94 bits per heavy atom. The van der Waals surface area contributed by atoms with Gasteiger partial charge in [-0.05, 0) is 31.1 Å². The topological polar surface area (TPSA) is 112 Å². The van der Waals surface area contributed by atoms with Crippen molar-refractivity contribution in [1.82, 2.24) is 24.8 Å². The number of carbonyl (C=O) groups excluding carboxylic acids is 1. The molecule has 1 aliphatic carbocycles. The lowest BCUT2D eigenvalue weighted by Gasteiger charge is -2.22. The summed E-state index contributed by atoms with van der Waals surface area (Å²) < 4.78 is 2.10. The van der Waals surface area contributed by atoms with E-state index in [4.69, 9.17) is 10.1 Å². The van der Waals surface area contributed by atoms with Crippen LogP contribution in [0.3, 0.4) is 0 Å². The van der Waals surface area contributed by atoms with Crippen LogP contribution in [0.2, 0.25) is 0 Å². The number of hydrogen-bond donors (Lipinski definition) is 3. The van der Waals surface area contributed by atoms with Crippen LogP contribution >= 0.6 is 0 Å². The third-order valence-electron chi connectivity index (χ3n) is 5.83. The minimum atomic E-state index is -0.945. The first-order chi connectivity index (χ1) is 14.9. The van der Waals surface area contributed by atoms with Crippen LogP contribution < -0.4 is 10.6 Å². The van der Waals surface area contributed by atoms with Gasteiger partial charge in [-0.3, -0.25) is 4.79 Å². The molecule has 2 aromatic heterocycles. The number of amides is 1. The molecule has 1 amide bonds. The van der Waals surface area contributed by atoms with Crippen LogP contribution in [-0.2, 0) is 4.79 Å². The molecule has 9 nitrogen and oxygen atoms in total. The van der Waals surface area contributed by atoms with E-state index >= 15 is 0 Å². The first-order valence-electron chi connectivity index (χ1n) is 10.7. The van der Waals surface area contributed by atoms with E-state index in [0.717, 1.165) is 36.7 Å². The molecule has 3 N–H and O–H groups in total. The van der Waals surface area contributed by atoms with E-state index in [-0.39, 0.29) is 24.1 Å². The molecule has 9 heteroatoms. The fourth-order valence-corrected chi connectivity index (χ4v) is 4.19. The van der Waals surface area contributed by atoms with Crippen LogP contribution in [0.1, 0.15) is 55.1 Å². The number of fused-ring (bicyclic) bond motifs is 1. The zero-order valence-electron chi connectivity index (χ0n) is 17.9. The van der Waals surface area contributed by atoms with Crippen molar-refractivity contribution in [2.45, 2.75) is 44.6 Å². The Morgan fingerprint density at radius 3 is 2.55 bits per heavy atom. The minimum Gasteiger partial charge on any atom is -0.478 e. The minimum absolute atomic E-state index is 0.0419. The van der Waals surface area contributed by atoms with Crippen molar-refractivity contribution in [3.8, 4) is 0 Å². The summed E-state index contributed by atoms with van der Waals surface area (Å²) >= 11 is 0. The Balaban J connectivity index is 1.71. The number of nitrogens with zero attached hydrogens (tertiary/aromatic N) is 4. The summed E-state index contributed by atoms with van der Waals surface area (Å²) in [6, 6.07) is 2.11. The van der Waals surface area contributed by atoms with Crippen LogP contribution in [0, 0.1) is 0 Å². The van der Waals surface area contributed by atoms with E-state index in [1.807, 2.05) is 6.07 Å². The molecule has 0 spiro atoms. The van der Waals surface area contributed by atoms with Crippen molar-refractivity contribution in [3.05, 3.63) is 41.5 Å². The van der Waals surface area contributed by atoms with Gasteiger partial charge in [-0.1, -0.05) is 25.7 Å². The highest BCUT2D eigenvalue weighted by atomic mass is 16.4. The van der Waals surface area contributed by atoms with E-state index in [1.165, 1.54) is 12.8 Å². The third-order valence-corrected chi connectivity index (χ3v) is 5.83. The number of nitrogens with one attached hydrogen (secondary N) is 2. The average molecular weight is 425 g/mol. The SMILES string of the molecule is CN(C)C(=O)c1cc2cnc(NC3=CC=C(C(=O)O)CN3)nc2n1C1CCCCCC1. The maximum absolute atomic E-state index is 12.9. The zero-order chi connectivity index (χ0) is 22.0. The average Bonchev–Trinajstić information content (AvgIpc) is 2.92. The van der Waals surface area contributed by atoms with Crippen LogP contribution in [0.15, 0.2) is 35.8 Å². The summed E-state index contributed by atoms with van der Waals surface area (Å²) in [5, 5.41) is 16.1. The van der Waals surface area contributed by atoms with Crippen LogP contribution in [-0.4, -0.2) is 57.1 Å². The second-order valence-electron chi connectivity index (χ2n) is 8.27. The van der Waals surface area contributed by atoms with Crippen molar-refractivity contribution in [2.75, 3.05) is 26.0 Å². The lowest BCUT2D eigenvalue weighted by Crippen LogP contribution is -2.28. The fraction of sp³-hybridized carbons (Fsp3) is 0.455. The Hall–Kier alpha value is -3.36. The Labute approximate surface area is 180 Å². The number of aromatic nitrogens is 3. The predicted octanol–water partition coefficient (Wildman–Crippen LogP) is 2.90. The molecule has 0 radical (unpaired) electrons. The highest BCUT2D eigenvalue weighted by molar-refractivity contribution is 5.97. The summed E-state index contributed by atoms with van der Waals surface area (Å²) in [5.74, 6) is 0.0382. The van der Waals surface area contributed by atoms with Crippen LogP contribution in [0.25, 0.3) is 11.0 Å². The van der Waals surface area contributed by atoms with Gasteiger partial charge in [0.2, 0.25) is 5.95 Å². The van der Waals surface area contributed by atoms with Gasteiger partial charge >= 0.3 is 5.97 Å². The number of anilines is 1. The summed E-state index contributed by atoms with van der Waals surface area (Å²) in [5.41, 5.74) is 1.67. The molecule has 1 aliphatic heterocycles. The van der Waals surface area contributed by atoms with Gasteiger partial charge in [-0.15, -0.1) is 0 Å². The monoisotopic (exact) mass is 424 g/mol. The molecule has 164 valence electrons. The number of carbonyl (C=O) groups is 2. The van der Waals surface area contributed by atoms with Gasteiger partial charge in [0.05, 0.1) is 5.57 Å². The molecule has 2 aliphatic rings. The second kappa shape index (κ2) is 8.79. The second-order valence-corrected chi connectivity index (χ2v) is 8.27. The summed E-state index contributed by atoms with van der Waals surface area (Å²) in [6.07, 6.45) is 11.7. The number of aliphatic carboxylic acids is 1. The third kappa shape index (κ3) is 4.40. The molecule has 0 unspecified atom stereocenters. The lowest BCUT2D eigenvalue weighted by atomic mass is 10.1. The Morgan fingerprint density at radius 1 is 1.19 bits per heavy atom. The molecule has 2 aromatic rings. The van der Waals surface area contributed by atoms with Crippen molar-refractivity contribution in [3.63, 3.8) is 0 Å². The van der Waals surface area contributed by atoms with Gasteiger partial charge < -0.3 is 25.2 Å². The van der Waals surface area contributed by atoms with Gasteiger partial charge in [-0.25, -0.2) is 9.78 Å². The Bertz CT molecular complexity index is 1060. The van der Waals surface area contributed by atoms with Crippen LogP contribution in [0.5, 0.6) is 0 Å². The molecule has 0 saturated heterocycles. The molecule has 4 rings (SSSR count). The quantitative estimate of drug-likeness (QED) is 0.633. The number of dihydropyridines is 1. The van der Waals surface area contributed by atoms with Gasteiger partial charge in [-0.2, -0.15) is 4.98 Å². The van der Waals surface area contributed by atoms with Gasteiger partial charge in [0, 0.05) is 38.3 Å². The first kappa shape index (κ1) is 20.9. The molecule has 0 atom stereocenters. The van der Waals surface area contributed by atoms with Crippen molar-refractivity contribution in [1.29, 1.82) is 0 Å². The highest BCUT2D eigenvalue weighted by Gasteiger charge is 2.25. The van der Waals surface area contributed by atoms with E-state index < -0.39 is 5.97 Å². The first-order valence-corrected chi connectivity index (χ1v) is 10.7. The summed E-state index contributed by atoms with van der Waals surface area (Å²) in [6.45, 7) is 0.219. The smallest absolute Gasteiger partial charge is 0.333 e. The molecule has 3 heterocycles. The Kier molecular flexibility index (Phi) is 5.92. The van der Waals surface area contributed by atoms with Crippen molar-refractivity contribution < 1.29 is 14.7 Å². The lowest BCUT2D eigenvalue weighted by molar-refractivity contribution is -0.132. The molecule has 1 fully saturated rings. The highest BCUT2D eigenvalue weighted by Crippen LogP contribution is 2.33. The van der Waals surface area contributed by atoms with E-state index in [9.17, 15) is 9.59 Å². The number of carboxylic acids is 1. The summed E-state index contributed by atoms with van der Waals surface area (Å²) in [4.78, 5) is 34.7. The molecule has 0 bridgehead atoms. The van der Waals surface area contributed by atoms with E-state index in [1.54, 1.807) is 37.3 Å². The fourth-order valence-electron chi connectivity index (χ4n) is 4.19. The van der Waals surface area contributed by atoms with Crippen LogP contribution in [0.4, 0.5) is 5.95 Å². The van der Waals surface area contributed by atoms with Gasteiger partial charge in [0.15, 0.2) is 0 Å². The summed E-state index contributed by atoms with van der Waals surface area (Å²) in [7, 11) is 3.52. The number of hydrogen-bond acceptors (Lipinski definition) is 6. The molecule has 1 saturated carbocycles. The number of rotatable bonds is 5. The number of allylic oxidation sites excluding steroid dienone is 2. The normalized spacial score (nSPS) is 17.4. The molecule has 0 aromatic carbocycles. The van der Waals surface area contributed by atoms with E-state index in [0.29, 0.717) is 17.5 Å². The largest absolute Gasteiger partial charge is 0.478 e. The maximum Gasteiger partial charge on any atom is 0.333 e. The number of carboxylic acid groups (broad SMARTS) is 1. The zero-order valence-corrected chi connectivity index (χ0v) is 17.9. The maximum atomic E-state index is 12.9. The van der Waals surface area contributed by atoms with Gasteiger partial charge in [0.25, 0.3) is 5.91 Å². The standard InChI is InChI=1S/C22H28N6O3/c1-27(2)20(29)17-11-15-13-24-22(25-18-10-9-14(12-23-18)21(30)31)26-19(15)28(17)16-7-5-3-4-6-8-16/h9-11,13,16,23H,3-8,12H2,1-2H3,(H,30,31)(H,24,25,26). The van der Waals surface area contributed by atoms with E-state index in [2.05, 4.69) is 20.2 Å². The van der Waals surface area contributed by atoms with Crippen molar-refractivity contribution >= 4 is 28.9 Å². The van der Waals surface area contributed by atoms with Gasteiger partial charge in [0.1, 0.15) is 17.2 Å².